The van der Waals surface area contributed by atoms with Crippen LogP contribution in [0.25, 0.3) is 10.8 Å². The highest BCUT2D eigenvalue weighted by molar-refractivity contribution is 5.93. The zero-order valence-corrected chi connectivity index (χ0v) is 9.23. The highest BCUT2D eigenvalue weighted by atomic mass is 19.2. The SMILES string of the molecule is Cc1cc(O)cc2c(F)c(F)c(F)c(OCF)c12. The van der Waals surface area contributed by atoms with Crippen LogP contribution in [0.2, 0.25) is 0 Å². The summed E-state index contributed by atoms with van der Waals surface area (Å²) in [6.07, 6.45) is 0. The number of alkyl halides is 1. The molecule has 0 unspecified atom stereocenters. The van der Waals surface area contributed by atoms with Crippen LogP contribution < -0.4 is 4.74 Å². The van der Waals surface area contributed by atoms with Crippen LogP contribution in [0.1, 0.15) is 5.56 Å². The van der Waals surface area contributed by atoms with E-state index in [4.69, 9.17) is 0 Å². The number of aromatic hydroxyl groups is 1. The van der Waals surface area contributed by atoms with Gasteiger partial charge in [-0.3, -0.25) is 0 Å². The first-order chi connectivity index (χ1) is 8.47. The van der Waals surface area contributed by atoms with Gasteiger partial charge in [0.1, 0.15) is 5.75 Å². The Labute approximate surface area is 99.4 Å². The largest absolute Gasteiger partial charge is 0.508 e. The molecule has 2 aromatic rings. The van der Waals surface area contributed by atoms with Crippen LogP contribution in [0.3, 0.4) is 0 Å². The second-order valence-corrected chi connectivity index (χ2v) is 3.71. The molecule has 0 saturated heterocycles. The van der Waals surface area contributed by atoms with Gasteiger partial charge in [0.15, 0.2) is 17.4 Å². The molecule has 0 fully saturated rings. The molecule has 0 atom stereocenters. The van der Waals surface area contributed by atoms with Crippen LogP contribution in [-0.2, 0) is 0 Å². The van der Waals surface area contributed by atoms with E-state index in [9.17, 15) is 22.7 Å². The van der Waals surface area contributed by atoms with Crippen LogP contribution >= 0.6 is 0 Å². The molecule has 0 radical (unpaired) electrons. The Hall–Kier alpha value is -1.98. The molecule has 0 heterocycles. The van der Waals surface area contributed by atoms with E-state index >= 15 is 0 Å². The molecule has 1 N–H and O–H groups in total. The number of benzene rings is 2. The Morgan fingerprint density at radius 1 is 1.11 bits per heavy atom. The summed E-state index contributed by atoms with van der Waals surface area (Å²) in [6.45, 7) is 0.0569. The van der Waals surface area contributed by atoms with Crippen LogP contribution in [0.15, 0.2) is 12.1 Å². The van der Waals surface area contributed by atoms with Gasteiger partial charge in [0.25, 0.3) is 0 Å². The number of halogens is 4. The molecule has 0 saturated carbocycles. The number of rotatable bonds is 2. The number of hydrogen-bond donors (Lipinski definition) is 1. The van der Waals surface area contributed by atoms with Crippen LogP contribution in [0, 0.1) is 24.4 Å². The van der Waals surface area contributed by atoms with Crippen molar-refractivity contribution in [3.05, 3.63) is 35.1 Å². The van der Waals surface area contributed by atoms with E-state index in [-0.39, 0.29) is 22.1 Å². The summed E-state index contributed by atoms with van der Waals surface area (Å²) >= 11 is 0. The predicted octanol–water partition coefficient (Wildman–Crippen LogP) is 3.58. The highest BCUT2D eigenvalue weighted by Crippen LogP contribution is 2.37. The molecule has 0 amide bonds. The maximum atomic E-state index is 13.6. The lowest BCUT2D eigenvalue weighted by molar-refractivity contribution is 0.184. The Balaban J connectivity index is 2.97. The average molecular weight is 260 g/mol. The van der Waals surface area contributed by atoms with Gasteiger partial charge in [-0.05, 0) is 24.6 Å². The molecular weight excluding hydrogens is 252 g/mol. The summed E-state index contributed by atoms with van der Waals surface area (Å²) in [4.78, 5) is 0. The van der Waals surface area contributed by atoms with E-state index in [1.54, 1.807) is 0 Å². The Morgan fingerprint density at radius 3 is 2.39 bits per heavy atom. The van der Waals surface area contributed by atoms with Gasteiger partial charge in [0.05, 0.1) is 0 Å². The molecule has 18 heavy (non-hydrogen) atoms. The smallest absolute Gasteiger partial charge is 0.228 e. The van der Waals surface area contributed by atoms with E-state index in [1.807, 2.05) is 0 Å². The van der Waals surface area contributed by atoms with Crippen molar-refractivity contribution in [3.8, 4) is 11.5 Å². The first kappa shape index (κ1) is 12.5. The molecule has 0 aliphatic carbocycles. The number of aryl methyl sites for hydroxylation is 1. The van der Waals surface area contributed by atoms with Crippen molar-refractivity contribution < 1.29 is 27.4 Å². The third-order valence-corrected chi connectivity index (χ3v) is 2.57. The number of phenolic OH excluding ortho intramolecular Hbond substituents is 1. The molecule has 2 aromatic carbocycles. The van der Waals surface area contributed by atoms with Crippen molar-refractivity contribution in [1.82, 2.24) is 0 Å². The summed E-state index contributed by atoms with van der Waals surface area (Å²) in [5.41, 5.74) is 0.242. The quantitative estimate of drug-likeness (QED) is 0.660. The molecule has 6 heteroatoms. The van der Waals surface area contributed by atoms with E-state index in [1.165, 1.54) is 13.0 Å². The summed E-state index contributed by atoms with van der Waals surface area (Å²) in [5, 5.41) is 8.84. The minimum atomic E-state index is -1.77. The van der Waals surface area contributed by atoms with Crippen molar-refractivity contribution in [2.75, 3.05) is 6.86 Å². The number of fused-ring (bicyclic) bond motifs is 1. The van der Waals surface area contributed by atoms with Crippen molar-refractivity contribution in [2.45, 2.75) is 6.92 Å². The van der Waals surface area contributed by atoms with E-state index < -0.39 is 30.1 Å². The molecule has 0 aliphatic rings. The second kappa shape index (κ2) is 4.36. The van der Waals surface area contributed by atoms with Gasteiger partial charge >= 0.3 is 0 Å². The fourth-order valence-corrected chi connectivity index (χ4v) is 1.86. The molecule has 2 rings (SSSR count). The fraction of sp³-hybridized carbons (Fsp3) is 0.167. The maximum Gasteiger partial charge on any atom is 0.228 e. The minimum Gasteiger partial charge on any atom is -0.508 e. The van der Waals surface area contributed by atoms with Crippen molar-refractivity contribution in [1.29, 1.82) is 0 Å². The zero-order valence-electron chi connectivity index (χ0n) is 9.23. The highest BCUT2D eigenvalue weighted by Gasteiger charge is 2.23. The second-order valence-electron chi connectivity index (χ2n) is 3.71. The fourth-order valence-electron chi connectivity index (χ4n) is 1.86. The molecular formula is C12H8F4O2. The maximum absolute atomic E-state index is 13.6. The summed E-state index contributed by atoms with van der Waals surface area (Å²) in [5.74, 6) is -5.82. The van der Waals surface area contributed by atoms with E-state index in [0.29, 0.717) is 0 Å². The van der Waals surface area contributed by atoms with Crippen LogP contribution in [0.4, 0.5) is 17.6 Å². The zero-order chi connectivity index (χ0) is 13.4. The van der Waals surface area contributed by atoms with Crippen LogP contribution in [0.5, 0.6) is 11.5 Å². The summed E-state index contributed by atoms with van der Waals surface area (Å²) < 4.78 is 56.9. The van der Waals surface area contributed by atoms with E-state index in [2.05, 4.69) is 4.74 Å². The van der Waals surface area contributed by atoms with Crippen molar-refractivity contribution in [2.24, 2.45) is 0 Å². The molecule has 0 aliphatic heterocycles. The first-order valence-electron chi connectivity index (χ1n) is 4.96. The Kier molecular flexibility index (Phi) is 3.02. The normalized spacial score (nSPS) is 10.9. The molecule has 0 bridgehead atoms. The predicted molar refractivity (Wildman–Crippen MR) is 56.8 cm³/mol. The number of hydrogen-bond acceptors (Lipinski definition) is 2. The number of phenols is 1. The lowest BCUT2D eigenvalue weighted by Crippen LogP contribution is -2.02. The standard InChI is InChI=1S/C12H8F4O2/c1-5-2-6(17)3-7-8(5)12(18-4-13)11(16)10(15)9(7)14/h2-3,17H,4H2,1H3. The van der Waals surface area contributed by atoms with Crippen molar-refractivity contribution >= 4 is 10.8 Å². The van der Waals surface area contributed by atoms with Gasteiger partial charge in [0, 0.05) is 10.8 Å². The van der Waals surface area contributed by atoms with Crippen LogP contribution in [-0.4, -0.2) is 12.0 Å². The first-order valence-corrected chi connectivity index (χ1v) is 4.96. The summed E-state index contributed by atoms with van der Waals surface area (Å²) in [7, 11) is 0. The van der Waals surface area contributed by atoms with Gasteiger partial charge < -0.3 is 9.84 Å². The van der Waals surface area contributed by atoms with Gasteiger partial charge in [-0.25, -0.2) is 13.2 Å². The summed E-state index contributed by atoms with van der Waals surface area (Å²) in [6, 6.07) is 2.13. The Morgan fingerprint density at radius 2 is 1.78 bits per heavy atom. The van der Waals surface area contributed by atoms with Crippen molar-refractivity contribution in [3.63, 3.8) is 0 Å². The lowest BCUT2D eigenvalue weighted by Gasteiger charge is -2.12. The van der Waals surface area contributed by atoms with Gasteiger partial charge in [-0.15, -0.1) is 0 Å². The monoisotopic (exact) mass is 260 g/mol. The Bertz CT molecular complexity index is 625. The lowest BCUT2D eigenvalue weighted by atomic mass is 10.0. The minimum absolute atomic E-state index is 0.109. The average Bonchev–Trinajstić information content (AvgIpc) is 2.32. The van der Waals surface area contributed by atoms with Gasteiger partial charge in [-0.1, -0.05) is 0 Å². The topological polar surface area (TPSA) is 29.5 Å². The molecule has 2 nitrogen and oxygen atoms in total. The third-order valence-electron chi connectivity index (χ3n) is 2.57. The van der Waals surface area contributed by atoms with E-state index in [0.717, 1.165) is 6.07 Å². The molecule has 0 spiro atoms. The third kappa shape index (κ3) is 1.73. The van der Waals surface area contributed by atoms with Gasteiger partial charge in [-0.2, -0.15) is 4.39 Å². The molecule has 0 aromatic heterocycles. The number of ether oxygens (including phenoxy) is 1. The van der Waals surface area contributed by atoms with Gasteiger partial charge in [0.2, 0.25) is 12.7 Å². The molecule has 96 valence electrons.